The number of ketones is 1. The maximum absolute atomic E-state index is 11.9. The van der Waals surface area contributed by atoms with Gasteiger partial charge in [0.1, 0.15) is 0 Å². The summed E-state index contributed by atoms with van der Waals surface area (Å²) >= 11 is 0. The van der Waals surface area contributed by atoms with Gasteiger partial charge in [-0.1, -0.05) is 0 Å². The average molecular weight is 266 g/mol. The number of aromatic nitrogens is 1. The van der Waals surface area contributed by atoms with Crippen LogP contribution in [0.5, 0.6) is 0 Å². The van der Waals surface area contributed by atoms with Crippen molar-refractivity contribution >= 4 is 17.4 Å². The number of benzene rings is 1. The molecule has 1 saturated carbocycles. The maximum atomic E-state index is 11.9. The molecule has 4 heteroatoms. The highest BCUT2D eigenvalue weighted by molar-refractivity contribution is 6.04. The van der Waals surface area contributed by atoms with E-state index in [0.29, 0.717) is 16.8 Å². The van der Waals surface area contributed by atoms with E-state index in [-0.39, 0.29) is 17.6 Å². The zero-order chi connectivity index (χ0) is 13.9. The summed E-state index contributed by atoms with van der Waals surface area (Å²) in [5, 5.41) is 2.78. The van der Waals surface area contributed by atoms with Crippen LogP contribution >= 0.6 is 0 Å². The van der Waals surface area contributed by atoms with Crippen LogP contribution in [0.3, 0.4) is 0 Å². The van der Waals surface area contributed by atoms with Gasteiger partial charge in [0.2, 0.25) is 0 Å². The molecule has 0 spiro atoms. The molecule has 1 aliphatic carbocycles. The van der Waals surface area contributed by atoms with Gasteiger partial charge in [0.05, 0.1) is 5.56 Å². The first-order valence-corrected chi connectivity index (χ1v) is 6.60. The average Bonchev–Trinajstić information content (AvgIpc) is 3.33. The Morgan fingerprint density at radius 3 is 2.40 bits per heavy atom. The van der Waals surface area contributed by atoms with Gasteiger partial charge >= 0.3 is 0 Å². The predicted octanol–water partition coefficient (Wildman–Crippen LogP) is 2.93. The number of anilines is 1. The van der Waals surface area contributed by atoms with Crippen molar-refractivity contribution in [3.8, 4) is 0 Å². The lowest BCUT2D eigenvalue weighted by molar-refractivity contribution is 0.0967. The van der Waals surface area contributed by atoms with E-state index in [1.54, 1.807) is 42.6 Å². The molecule has 1 aromatic heterocycles. The molecule has 1 aliphatic rings. The van der Waals surface area contributed by atoms with Crippen molar-refractivity contribution in [2.24, 2.45) is 5.92 Å². The summed E-state index contributed by atoms with van der Waals surface area (Å²) in [6.45, 7) is 0. The number of rotatable bonds is 4. The van der Waals surface area contributed by atoms with Gasteiger partial charge in [-0.25, -0.2) is 0 Å². The molecule has 0 atom stereocenters. The summed E-state index contributed by atoms with van der Waals surface area (Å²) in [4.78, 5) is 27.7. The van der Waals surface area contributed by atoms with Gasteiger partial charge in [0.25, 0.3) is 5.91 Å². The highest BCUT2D eigenvalue weighted by Gasteiger charge is 2.30. The highest BCUT2D eigenvalue weighted by atomic mass is 16.1. The molecule has 1 aromatic carbocycles. The minimum Gasteiger partial charge on any atom is -0.322 e. The first-order chi connectivity index (χ1) is 9.74. The van der Waals surface area contributed by atoms with E-state index in [1.807, 2.05) is 0 Å². The van der Waals surface area contributed by atoms with E-state index in [9.17, 15) is 9.59 Å². The molecule has 4 nitrogen and oxygen atoms in total. The molecular formula is C16H14N2O2. The Bertz CT molecular complexity index is 631. The molecule has 3 rings (SSSR count). The Kier molecular flexibility index (Phi) is 3.29. The van der Waals surface area contributed by atoms with Crippen LogP contribution in [0.2, 0.25) is 0 Å². The summed E-state index contributed by atoms with van der Waals surface area (Å²) in [6.07, 6.45) is 5.13. The maximum Gasteiger partial charge on any atom is 0.257 e. The molecule has 0 saturated heterocycles. The zero-order valence-electron chi connectivity index (χ0n) is 10.9. The van der Waals surface area contributed by atoms with Gasteiger partial charge in [-0.2, -0.15) is 0 Å². The predicted molar refractivity (Wildman–Crippen MR) is 75.7 cm³/mol. The standard InChI is InChI=1S/C16H14N2O2/c19-15(11-3-4-11)12-5-7-14(8-6-12)18-16(20)13-2-1-9-17-10-13/h1-2,5-11H,3-4H2,(H,18,20). The van der Waals surface area contributed by atoms with Crippen LogP contribution in [0.1, 0.15) is 33.6 Å². The fourth-order valence-corrected chi connectivity index (χ4v) is 2.00. The Hall–Kier alpha value is -2.49. The van der Waals surface area contributed by atoms with Crippen LogP contribution in [-0.4, -0.2) is 16.7 Å². The minimum atomic E-state index is -0.209. The van der Waals surface area contributed by atoms with E-state index >= 15 is 0 Å². The summed E-state index contributed by atoms with van der Waals surface area (Å²) in [5.41, 5.74) is 1.89. The Labute approximate surface area is 116 Å². The van der Waals surface area contributed by atoms with Crippen molar-refractivity contribution in [2.75, 3.05) is 5.32 Å². The molecule has 1 N–H and O–H groups in total. The Morgan fingerprint density at radius 1 is 1.05 bits per heavy atom. The molecule has 20 heavy (non-hydrogen) atoms. The Morgan fingerprint density at radius 2 is 1.80 bits per heavy atom. The lowest BCUT2D eigenvalue weighted by atomic mass is 10.1. The van der Waals surface area contributed by atoms with Crippen molar-refractivity contribution in [2.45, 2.75) is 12.8 Å². The number of nitrogens with one attached hydrogen (secondary N) is 1. The van der Waals surface area contributed by atoms with Crippen molar-refractivity contribution in [1.82, 2.24) is 4.98 Å². The van der Waals surface area contributed by atoms with E-state index in [2.05, 4.69) is 10.3 Å². The van der Waals surface area contributed by atoms with Crippen LogP contribution < -0.4 is 5.32 Å². The molecule has 0 aliphatic heterocycles. The van der Waals surface area contributed by atoms with Crippen molar-refractivity contribution in [3.63, 3.8) is 0 Å². The van der Waals surface area contributed by atoms with E-state index in [4.69, 9.17) is 0 Å². The van der Waals surface area contributed by atoms with Crippen molar-refractivity contribution in [3.05, 3.63) is 59.9 Å². The normalized spacial score (nSPS) is 13.8. The number of carbonyl (C=O) groups is 2. The van der Waals surface area contributed by atoms with E-state index < -0.39 is 0 Å². The summed E-state index contributed by atoms with van der Waals surface area (Å²) < 4.78 is 0. The van der Waals surface area contributed by atoms with Crippen molar-refractivity contribution < 1.29 is 9.59 Å². The zero-order valence-corrected chi connectivity index (χ0v) is 10.9. The molecule has 0 unspecified atom stereocenters. The lowest BCUT2D eigenvalue weighted by Gasteiger charge is -2.06. The fraction of sp³-hybridized carbons (Fsp3) is 0.188. The van der Waals surface area contributed by atoms with Crippen LogP contribution in [0.4, 0.5) is 5.69 Å². The van der Waals surface area contributed by atoms with Gasteiger partial charge in [0, 0.05) is 29.6 Å². The third-order valence-corrected chi connectivity index (χ3v) is 3.30. The Balaban J connectivity index is 1.69. The van der Waals surface area contributed by atoms with E-state index in [0.717, 1.165) is 12.8 Å². The van der Waals surface area contributed by atoms with Gasteiger partial charge in [-0.05, 0) is 49.2 Å². The van der Waals surface area contributed by atoms with Gasteiger partial charge in [0.15, 0.2) is 5.78 Å². The first kappa shape index (κ1) is 12.5. The lowest BCUT2D eigenvalue weighted by Crippen LogP contribution is -2.12. The van der Waals surface area contributed by atoms with Crippen molar-refractivity contribution in [1.29, 1.82) is 0 Å². The molecule has 2 aromatic rings. The van der Waals surface area contributed by atoms with Gasteiger partial charge < -0.3 is 5.32 Å². The van der Waals surface area contributed by atoms with Crippen LogP contribution in [0.15, 0.2) is 48.8 Å². The quantitative estimate of drug-likeness (QED) is 0.865. The second kappa shape index (κ2) is 5.25. The molecule has 1 fully saturated rings. The summed E-state index contributed by atoms with van der Waals surface area (Å²) in [6, 6.07) is 10.5. The topological polar surface area (TPSA) is 59.1 Å². The number of Topliss-reactive ketones (excluding diaryl/α,β-unsaturated/α-hetero) is 1. The SMILES string of the molecule is O=C(Nc1ccc(C(=O)C2CC2)cc1)c1cccnc1. The third-order valence-electron chi connectivity index (χ3n) is 3.30. The monoisotopic (exact) mass is 266 g/mol. The summed E-state index contributed by atoms with van der Waals surface area (Å²) in [7, 11) is 0. The number of hydrogen-bond donors (Lipinski definition) is 1. The molecule has 1 amide bonds. The van der Waals surface area contributed by atoms with Crippen LogP contribution in [0.25, 0.3) is 0 Å². The minimum absolute atomic E-state index is 0.204. The van der Waals surface area contributed by atoms with Crippen LogP contribution in [0, 0.1) is 5.92 Å². The second-order valence-corrected chi connectivity index (χ2v) is 4.91. The van der Waals surface area contributed by atoms with Gasteiger partial charge in [-0.3, -0.25) is 14.6 Å². The fourth-order valence-electron chi connectivity index (χ4n) is 2.00. The summed E-state index contributed by atoms with van der Waals surface area (Å²) in [5.74, 6) is 0.209. The van der Waals surface area contributed by atoms with E-state index in [1.165, 1.54) is 6.20 Å². The molecule has 1 heterocycles. The largest absolute Gasteiger partial charge is 0.322 e. The first-order valence-electron chi connectivity index (χ1n) is 6.60. The number of hydrogen-bond acceptors (Lipinski definition) is 3. The number of nitrogens with zero attached hydrogens (tertiary/aromatic N) is 1. The number of amides is 1. The number of pyridine rings is 1. The number of carbonyl (C=O) groups excluding carboxylic acids is 2. The van der Waals surface area contributed by atoms with Crippen LogP contribution in [-0.2, 0) is 0 Å². The second-order valence-electron chi connectivity index (χ2n) is 4.91. The third kappa shape index (κ3) is 2.74. The molecule has 0 radical (unpaired) electrons. The molecular weight excluding hydrogens is 252 g/mol. The smallest absolute Gasteiger partial charge is 0.257 e. The molecule has 0 bridgehead atoms. The molecule has 100 valence electrons. The highest BCUT2D eigenvalue weighted by Crippen LogP contribution is 2.32. The van der Waals surface area contributed by atoms with Gasteiger partial charge in [-0.15, -0.1) is 0 Å².